The van der Waals surface area contributed by atoms with E-state index in [0.717, 1.165) is 28.4 Å². The Kier molecular flexibility index (Phi) is 5.32. The lowest BCUT2D eigenvalue weighted by Crippen LogP contribution is -2.04. The summed E-state index contributed by atoms with van der Waals surface area (Å²) in [5, 5.41) is 3.10. The maximum atomic E-state index is 5.94. The molecule has 1 aromatic carbocycles. The Morgan fingerprint density at radius 1 is 1.21 bits per heavy atom. The van der Waals surface area contributed by atoms with Crippen molar-refractivity contribution in [1.29, 1.82) is 0 Å². The van der Waals surface area contributed by atoms with Gasteiger partial charge in [-0.05, 0) is 6.07 Å². The average Bonchev–Trinajstić information content (AvgIpc) is 2.88. The van der Waals surface area contributed by atoms with E-state index in [1.54, 1.807) is 18.4 Å². The van der Waals surface area contributed by atoms with E-state index in [-0.39, 0.29) is 0 Å². The summed E-state index contributed by atoms with van der Waals surface area (Å²) in [5.41, 5.74) is 8.63. The summed E-state index contributed by atoms with van der Waals surface area (Å²) in [6.45, 7) is 1.92. The highest BCUT2D eigenvalue weighted by Crippen LogP contribution is 2.26. The zero-order chi connectivity index (χ0) is 13.5. The molecule has 0 saturated carbocycles. The predicted octanol–water partition coefficient (Wildman–Crippen LogP) is 2.60. The molecule has 0 atom stereocenters. The smallest absolute Gasteiger partial charge is 0.0955 e. The van der Waals surface area contributed by atoms with Crippen molar-refractivity contribution in [3.8, 4) is 11.3 Å². The Morgan fingerprint density at radius 3 is 2.84 bits per heavy atom. The van der Waals surface area contributed by atoms with Gasteiger partial charge in [0.25, 0.3) is 0 Å². The van der Waals surface area contributed by atoms with Crippen LogP contribution in [0.4, 0.5) is 5.69 Å². The van der Waals surface area contributed by atoms with Gasteiger partial charge in [-0.1, -0.05) is 18.2 Å². The van der Waals surface area contributed by atoms with Crippen LogP contribution in [-0.4, -0.2) is 31.9 Å². The van der Waals surface area contributed by atoms with Crippen molar-refractivity contribution < 1.29 is 9.47 Å². The van der Waals surface area contributed by atoms with E-state index in [0.29, 0.717) is 19.8 Å². The summed E-state index contributed by atoms with van der Waals surface area (Å²) in [6.07, 6.45) is 0.821. The van der Waals surface area contributed by atoms with E-state index in [1.807, 2.05) is 29.6 Å². The lowest BCUT2D eigenvalue weighted by Gasteiger charge is -2.02. The molecule has 0 fully saturated rings. The fourth-order valence-corrected chi connectivity index (χ4v) is 2.46. The van der Waals surface area contributed by atoms with E-state index in [2.05, 4.69) is 4.98 Å². The zero-order valence-electron chi connectivity index (χ0n) is 11.0. The highest BCUT2D eigenvalue weighted by atomic mass is 32.1. The largest absolute Gasteiger partial charge is 0.398 e. The van der Waals surface area contributed by atoms with Crippen LogP contribution in [-0.2, 0) is 15.9 Å². The number of aromatic nitrogens is 1. The maximum Gasteiger partial charge on any atom is 0.0955 e. The van der Waals surface area contributed by atoms with Crippen LogP contribution in [0, 0.1) is 0 Å². The van der Waals surface area contributed by atoms with Crippen molar-refractivity contribution in [3.05, 3.63) is 34.7 Å². The molecule has 0 unspecified atom stereocenters. The molecule has 2 N–H and O–H groups in total. The van der Waals surface area contributed by atoms with Crippen LogP contribution < -0.4 is 5.73 Å². The molecule has 1 heterocycles. The summed E-state index contributed by atoms with van der Waals surface area (Å²) >= 11 is 1.64. The molecule has 0 aliphatic rings. The first-order valence-electron chi connectivity index (χ1n) is 6.17. The standard InChI is InChI=1S/C14H18N2O2S/c1-17-8-9-18-7-6-14-16-13(10-19-14)11-4-2-3-5-12(11)15/h2-5,10H,6-9,15H2,1H3. The number of thiazole rings is 1. The van der Waals surface area contributed by atoms with Crippen molar-refractivity contribution in [1.82, 2.24) is 4.98 Å². The molecule has 0 bridgehead atoms. The zero-order valence-corrected chi connectivity index (χ0v) is 11.8. The number of nitrogens with zero attached hydrogens (tertiary/aromatic N) is 1. The number of ether oxygens (including phenoxy) is 2. The van der Waals surface area contributed by atoms with Gasteiger partial charge in [0.1, 0.15) is 0 Å². The average molecular weight is 278 g/mol. The minimum Gasteiger partial charge on any atom is -0.398 e. The van der Waals surface area contributed by atoms with Gasteiger partial charge in [-0.25, -0.2) is 4.98 Å². The van der Waals surface area contributed by atoms with E-state index >= 15 is 0 Å². The van der Waals surface area contributed by atoms with Crippen LogP contribution in [0.2, 0.25) is 0 Å². The van der Waals surface area contributed by atoms with Crippen molar-refractivity contribution in [3.63, 3.8) is 0 Å². The molecule has 0 radical (unpaired) electrons. The fraction of sp³-hybridized carbons (Fsp3) is 0.357. The molecule has 0 spiro atoms. The normalized spacial score (nSPS) is 10.8. The minimum absolute atomic E-state index is 0.625. The van der Waals surface area contributed by atoms with Gasteiger partial charge in [-0.3, -0.25) is 0 Å². The second-order valence-corrected chi connectivity index (χ2v) is 5.01. The van der Waals surface area contributed by atoms with Gasteiger partial charge >= 0.3 is 0 Å². The predicted molar refractivity (Wildman–Crippen MR) is 78.4 cm³/mol. The monoisotopic (exact) mass is 278 g/mol. The lowest BCUT2D eigenvalue weighted by molar-refractivity contribution is 0.0722. The van der Waals surface area contributed by atoms with Crippen LogP contribution >= 0.6 is 11.3 Å². The second kappa shape index (κ2) is 7.23. The first-order chi connectivity index (χ1) is 9.31. The van der Waals surface area contributed by atoms with Gasteiger partial charge < -0.3 is 15.2 Å². The van der Waals surface area contributed by atoms with Crippen LogP contribution in [0.25, 0.3) is 11.3 Å². The first-order valence-corrected chi connectivity index (χ1v) is 7.05. The van der Waals surface area contributed by atoms with Crippen LogP contribution in [0.1, 0.15) is 5.01 Å². The molecule has 1 aromatic heterocycles. The van der Waals surface area contributed by atoms with Crippen LogP contribution in [0.5, 0.6) is 0 Å². The van der Waals surface area contributed by atoms with Crippen molar-refractivity contribution in [2.45, 2.75) is 6.42 Å². The minimum atomic E-state index is 0.625. The number of methoxy groups -OCH3 is 1. The van der Waals surface area contributed by atoms with Gasteiger partial charge in [0, 0.05) is 30.2 Å². The van der Waals surface area contributed by atoms with E-state index in [1.165, 1.54) is 0 Å². The second-order valence-electron chi connectivity index (χ2n) is 4.07. The Balaban J connectivity index is 1.91. The van der Waals surface area contributed by atoms with E-state index in [4.69, 9.17) is 15.2 Å². The number of benzene rings is 1. The van der Waals surface area contributed by atoms with Crippen LogP contribution in [0.3, 0.4) is 0 Å². The number of hydrogen-bond acceptors (Lipinski definition) is 5. The molecule has 19 heavy (non-hydrogen) atoms. The van der Waals surface area contributed by atoms with Crippen molar-refractivity contribution in [2.75, 3.05) is 32.7 Å². The highest BCUT2D eigenvalue weighted by Gasteiger charge is 2.06. The number of nitrogens with two attached hydrogens (primary N) is 1. The SMILES string of the molecule is COCCOCCc1nc(-c2ccccc2N)cs1. The quantitative estimate of drug-likeness (QED) is 0.625. The van der Waals surface area contributed by atoms with E-state index < -0.39 is 0 Å². The molecule has 2 aromatic rings. The number of anilines is 1. The third-order valence-corrected chi connectivity index (χ3v) is 3.59. The summed E-state index contributed by atoms with van der Waals surface area (Å²) in [4.78, 5) is 4.59. The molecule has 102 valence electrons. The molecular weight excluding hydrogens is 260 g/mol. The summed E-state index contributed by atoms with van der Waals surface area (Å²) in [7, 11) is 1.67. The van der Waals surface area contributed by atoms with Crippen molar-refractivity contribution >= 4 is 17.0 Å². The number of para-hydroxylation sites is 1. The summed E-state index contributed by atoms with van der Waals surface area (Å²) < 4.78 is 10.4. The summed E-state index contributed by atoms with van der Waals surface area (Å²) in [6, 6.07) is 7.78. The van der Waals surface area contributed by atoms with Gasteiger partial charge in [-0.15, -0.1) is 11.3 Å². The Hall–Kier alpha value is -1.43. The molecule has 0 saturated heterocycles. The number of rotatable bonds is 7. The molecule has 0 aliphatic heterocycles. The summed E-state index contributed by atoms with van der Waals surface area (Å²) in [5.74, 6) is 0. The van der Waals surface area contributed by atoms with Gasteiger partial charge in [0.05, 0.1) is 30.5 Å². The van der Waals surface area contributed by atoms with Crippen molar-refractivity contribution in [2.24, 2.45) is 0 Å². The Labute approximate surface area is 117 Å². The maximum absolute atomic E-state index is 5.94. The fourth-order valence-electron chi connectivity index (χ4n) is 1.68. The lowest BCUT2D eigenvalue weighted by atomic mass is 10.1. The molecule has 5 heteroatoms. The Morgan fingerprint density at radius 2 is 2.05 bits per heavy atom. The molecule has 4 nitrogen and oxygen atoms in total. The number of hydrogen-bond donors (Lipinski definition) is 1. The molecule has 0 aliphatic carbocycles. The Bertz CT molecular complexity index is 514. The molecule has 0 amide bonds. The number of nitrogen functional groups attached to an aromatic ring is 1. The molecule has 2 rings (SSSR count). The van der Waals surface area contributed by atoms with E-state index in [9.17, 15) is 0 Å². The highest BCUT2D eigenvalue weighted by molar-refractivity contribution is 7.09. The first kappa shape index (κ1) is 14.0. The van der Waals surface area contributed by atoms with Gasteiger partial charge in [-0.2, -0.15) is 0 Å². The van der Waals surface area contributed by atoms with Gasteiger partial charge in [0.2, 0.25) is 0 Å². The van der Waals surface area contributed by atoms with Crippen LogP contribution in [0.15, 0.2) is 29.6 Å². The van der Waals surface area contributed by atoms with Gasteiger partial charge in [0.15, 0.2) is 0 Å². The molecular formula is C14H18N2O2S. The third-order valence-electron chi connectivity index (χ3n) is 2.68. The topological polar surface area (TPSA) is 57.4 Å². The third kappa shape index (κ3) is 4.02.